The number of ether oxygens (including phenoxy) is 1. The molecule has 0 spiro atoms. The fourth-order valence-electron chi connectivity index (χ4n) is 2.44. The molecule has 0 fully saturated rings. The smallest absolute Gasteiger partial charge is 0.229 e. The van der Waals surface area contributed by atoms with Crippen LogP contribution in [-0.4, -0.2) is 21.9 Å². The highest BCUT2D eigenvalue weighted by atomic mass is 16.5. The van der Waals surface area contributed by atoms with Crippen molar-refractivity contribution < 1.29 is 9.53 Å². The van der Waals surface area contributed by atoms with Gasteiger partial charge in [-0.3, -0.25) is 4.79 Å². The fraction of sp³-hybridized carbons (Fsp3) is 0.190. The first kappa shape index (κ1) is 18.4. The van der Waals surface area contributed by atoms with Crippen LogP contribution in [0.15, 0.2) is 60.8 Å². The lowest BCUT2D eigenvalue weighted by atomic mass is 10.1. The topological polar surface area (TPSA) is 76.1 Å². The lowest BCUT2D eigenvalue weighted by Gasteiger charge is -2.11. The van der Waals surface area contributed by atoms with E-state index in [0.717, 1.165) is 17.1 Å². The number of rotatable bonds is 7. The summed E-state index contributed by atoms with van der Waals surface area (Å²) >= 11 is 0. The molecule has 0 radical (unpaired) electrons. The Kier molecular flexibility index (Phi) is 5.66. The molecule has 0 aliphatic rings. The van der Waals surface area contributed by atoms with Gasteiger partial charge in [-0.05, 0) is 75.4 Å². The number of hydrogen-bond acceptors (Lipinski definition) is 6. The van der Waals surface area contributed by atoms with E-state index >= 15 is 0 Å². The van der Waals surface area contributed by atoms with Gasteiger partial charge in [0.15, 0.2) is 5.78 Å². The third-order valence-electron chi connectivity index (χ3n) is 3.70. The summed E-state index contributed by atoms with van der Waals surface area (Å²) in [4.78, 5) is 20.0. The van der Waals surface area contributed by atoms with Gasteiger partial charge in [-0.25, -0.2) is 4.98 Å². The number of hydrogen-bond donors (Lipinski definition) is 2. The van der Waals surface area contributed by atoms with Gasteiger partial charge >= 0.3 is 0 Å². The third kappa shape index (κ3) is 5.28. The molecule has 0 saturated carbocycles. The summed E-state index contributed by atoms with van der Waals surface area (Å²) in [5.74, 6) is 2.00. The molecule has 0 aliphatic carbocycles. The fourth-order valence-corrected chi connectivity index (χ4v) is 2.44. The third-order valence-corrected chi connectivity index (χ3v) is 3.70. The number of benzene rings is 2. The number of aromatic nitrogens is 2. The second-order valence-electron chi connectivity index (χ2n) is 6.34. The van der Waals surface area contributed by atoms with Gasteiger partial charge in [0.2, 0.25) is 5.95 Å². The van der Waals surface area contributed by atoms with Crippen LogP contribution in [0.2, 0.25) is 0 Å². The van der Waals surface area contributed by atoms with Gasteiger partial charge in [-0.1, -0.05) is 0 Å². The number of ketones is 1. The lowest BCUT2D eigenvalue weighted by molar-refractivity contribution is 0.101. The highest BCUT2D eigenvalue weighted by Crippen LogP contribution is 2.21. The summed E-state index contributed by atoms with van der Waals surface area (Å²) in [7, 11) is 0. The zero-order valence-electron chi connectivity index (χ0n) is 15.6. The Balaban J connectivity index is 1.67. The summed E-state index contributed by atoms with van der Waals surface area (Å²) in [6.07, 6.45) is 1.82. The molecule has 0 amide bonds. The van der Waals surface area contributed by atoms with Crippen LogP contribution in [0.25, 0.3) is 0 Å². The second kappa shape index (κ2) is 8.31. The molecule has 0 bridgehead atoms. The first-order chi connectivity index (χ1) is 13.0. The minimum Gasteiger partial charge on any atom is -0.491 e. The van der Waals surface area contributed by atoms with Crippen molar-refractivity contribution in [2.75, 3.05) is 10.6 Å². The first-order valence-electron chi connectivity index (χ1n) is 8.74. The summed E-state index contributed by atoms with van der Waals surface area (Å²) < 4.78 is 5.64. The molecule has 0 atom stereocenters. The zero-order valence-corrected chi connectivity index (χ0v) is 15.6. The van der Waals surface area contributed by atoms with E-state index in [2.05, 4.69) is 20.6 Å². The molecule has 6 heteroatoms. The maximum Gasteiger partial charge on any atom is 0.229 e. The standard InChI is InChI=1S/C21H22N4O2/c1-14(2)27-19-10-8-17(9-11-19)23-20-12-13-22-21(25-20)24-18-6-4-16(5-7-18)15(3)26/h4-14H,1-3H3,(H2,22,23,24,25). The quantitative estimate of drug-likeness (QED) is 0.579. The van der Waals surface area contributed by atoms with Crippen LogP contribution in [0.1, 0.15) is 31.1 Å². The van der Waals surface area contributed by atoms with E-state index in [1.54, 1.807) is 31.3 Å². The van der Waals surface area contributed by atoms with E-state index < -0.39 is 0 Å². The van der Waals surface area contributed by atoms with Gasteiger partial charge in [-0.15, -0.1) is 0 Å². The van der Waals surface area contributed by atoms with E-state index in [4.69, 9.17) is 4.74 Å². The Hall–Kier alpha value is -3.41. The Labute approximate surface area is 158 Å². The SMILES string of the molecule is CC(=O)c1ccc(Nc2nccc(Nc3ccc(OC(C)C)cc3)n2)cc1. The van der Waals surface area contributed by atoms with Gasteiger partial charge in [0.1, 0.15) is 11.6 Å². The minimum atomic E-state index is 0.0359. The number of carbonyl (C=O) groups excluding carboxylic acids is 1. The van der Waals surface area contributed by atoms with E-state index in [-0.39, 0.29) is 11.9 Å². The van der Waals surface area contributed by atoms with Gasteiger partial charge in [0, 0.05) is 23.1 Å². The van der Waals surface area contributed by atoms with Crippen LogP contribution in [0.5, 0.6) is 5.75 Å². The van der Waals surface area contributed by atoms with Crippen molar-refractivity contribution in [3.63, 3.8) is 0 Å². The molecular formula is C21H22N4O2. The van der Waals surface area contributed by atoms with Gasteiger partial charge < -0.3 is 15.4 Å². The summed E-state index contributed by atoms with van der Waals surface area (Å²) in [5.41, 5.74) is 2.38. The molecule has 0 unspecified atom stereocenters. The van der Waals surface area contributed by atoms with Crippen molar-refractivity contribution in [2.45, 2.75) is 26.9 Å². The highest BCUT2D eigenvalue weighted by molar-refractivity contribution is 5.94. The Morgan fingerprint density at radius 1 is 0.926 bits per heavy atom. The normalized spacial score (nSPS) is 10.5. The Bertz CT molecular complexity index is 906. The average Bonchev–Trinajstić information content (AvgIpc) is 2.64. The lowest BCUT2D eigenvalue weighted by Crippen LogP contribution is -2.05. The van der Waals surface area contributed by atoms with Crippen LogP contribution in [0, 0.1) is 0 Å². The first-order valence-corrected chi connectivity index (χ1v) is 8.74. The molecular weight excluding hydrogens is 340 g/mol. The van der Waals surface area contributed by atoms with E-state index in [0.29, 0.717) is 17.3 Å². The van der Waals surface area contributed by atoms with Crippen molar-refractivity contribution in [3.8, 4) is 5.75 Å². The maximum atomic E-state index is 11.3. The second-order valence-corrected chi connectivity index (χ2v) is 6.34. The highest BCUT2D eigenvalue weighted by Gasteiger charge is 2.04. The van der Waals surface area contributed by atoms with E-state index in [1.807, 2.05) is 50.2 Å². The number of nitrogens with one attached hydrogen (secondary N) is 2. The summed E-state index contributed by atoms with van der Waals surface area (Å²) in [5, 5.41) is 6.38. The van der Waals surface area contributed by atoms with E-state index in [9.17, 15) is 4.79 Å². The van der Waals surface area contributed by atoms with Gasteiger partial charge in [-0.2, -0.15) is 4.98 Å². The molecule has 0 aliphatic heterocycles. The van der Waals surface area contributed by atoms with E-state index in [1.165, 1.54) is 0 Å². The number of carbonyl (C=O) groups is 1. The Morgan fingerprint density at radius 3 is 2.19 bits per heavy atom. The molecule has 1 heterocycles. The minimum absolute atomic E-state index is 0.0359. The van der Waals surface area contributed by atoms with Crippen molar-refractivity contribution in [1.29, 1.82) is 0 Å². The predicted octanol–water partition coefficient (Wildman–Crippen LogP) is 4.95. The van der Waals surface area contributed by atoms with Crippen LogP contribution in [0.3, 0.4) is 0 Å². The largest absolute Gasteiger partial charge is 0.491 e. The Morgan fingerprint density at radius 2 is 1.56 bits per heavy atom. The van der Waals surface area contributed by atoms with Crippen LogP contribution >= 0.6 is 0 Å². The predicted molar refractivity (Wildman–Crippen MR) is 107 cm³/mol. The monoisotopic (exact) mass is 362 g/mol. The molecule has 6 nitrogen and oxygen atoms in total. The number of Topliss-reactive ketones (excluding diaryl/α,β-unsaturated/α-hetero) is 1. The number of nitrogens with zero attached hydrogens (tertiary/aromatic N) is 2. The van der Waals surface area contributed by atoms with Crippen molar-refractivity contribution in [1.82, 2.24) is 9.97 Å². The molecule has 27 heavy (non-hydrogen) atoms. The molecule has 3 aromatic rings. The molecule has 2 aromatic carbocycles. The van der Waals surface area contributed by atoms with Crippen molar-refractivity contribution in [2.24, 2.45) is 0 Å². The van der Waals surface area contributed by atoms with Gasteiger partial charge in [0.25, 0.3) is 0 Å². The number of anilines is 4. The molecule has 3 rings (SSSR count). The average molecular weight is 362 g/mol. The van der Waals surface area contributed by atoms with Crippen LogP contribution in [-0.2, 0) is 0 Å². The molecule has 138 valence electrons. The molecule has 0 saturated heterocycles. The summed E-state index contributed by atoms with van der Waals surface area (Å²) in [6.45, 7) is 5.53. The van der Waals surface area contributed by atoms with Crippen molar-refractivity contribution in [3.05, 3.63) is 66.4 Å². The molecule has 1 aromatic heterocycles. The summed E-state index contributed by atoms with van der Waals surface area (Å²) in [6, 6.07) is 16.7. The van der Waals surface area contributed by atoms with Crippen LogP contribution < -0.4 is 15.4 Å². The van der Waals surface area contributed by atoms with Crippen molar-refractivity contribution >= 4 is 28.9 Å². The molecule has 2 N–H and O–H groups in total. The zero-order chi connectivity index (χ0) is 19.2. The van der Waals surface area contributed by atoms with Crippen LogP contribution in [0.4, 0.5) is 23.1 Å². The maximum absolute atomic E-state index is 11.3. The van der Waals surface area contributed by atoms with Gasteiger partial charge in [0.05, 0.1) is 6.10 Å².